The molecule has 0 aliphatic rings. The van der Waals surface area contributed by atoms with E-state index in [-0.39, 0.29) is 0 Å². The van der Waals surface area contributed by atoms with Crippen molar-refractivity contribution in [3.05, 3.63) is 140 Å². The molecule has 43 heavy (non-hydrogen) atoms. The van der Waals surface area contributed by atoms with Gasteiger partial charge in [0.1, 0.15) is 16.8 Å². The van der Waals surface area contributed by atoms with Crippen molar-refractivity contribution in [3.63, 3.8) is 0 Å². The second kappa shape index (κ2) is 8.34. The Morgan fingerprint density at radius 3 is 1.67 bits per heavy atom. The molecule has 0 unspecified atom stereocenters. The highest BCUT2D eigenvalue weighted by Gasteiger charge is 2.22. The molecule has 0 atom stereocenters. The third kappa shape index (κ3) is 3.02. The largest absolute Gasteiger partial charge is 0.452 e. The van der Waals surface area contributed by atoms with Gasteiger partial charge in [-0.1, -0.05) is 91.0 Å². The number of hydrogen-bond acceptors (Lipinski definition) is 2. The Morgan fingerprint density at radius 2 is 0.977 bits per heavy atom. The second-order valence-corrected chi connectivity index (χ2v) is 11.2. The highest BCUT2D eigenvalue weighted by molar-refractivity contribution is 6.16. The van der Waals surface area contributed by atoms with Gasteiger partial charge < -0.3 is 13.6 Å². The molecule has 0 spiro atoms. The van der Waals surface area contributed by atoms with Crippen LogP contribution in [0, 0.1) is 0 Å². The molecule has 0 aliphatic heterocycles. The van der Waals surface area contributed by atoms with E-state index in [9.17, 15) is 0 Å². The van der Waals surface area contributed by atoms with E-state index < -0.39 is 0 Å². The SMILES string of the molecule is c1ccc2c(-n3c4ccccc4c4ccc(-n5c6ccccc6c6ccccc65)cc43)c3oc4ccccc4c3nc2c1. The Kier molecular flexibility index (Phi) is 4.42. The van der Waals surface area contributed by atoms with Crippen molar-refractivity contribution in [2.24, 2.45) is 0 Å². The molecule has 200 valence electrons. The van der Waals surface area contributed by atoms with Gasteiger partial charge in [-0.05, 0) is 48.5 Å². The van der Waals surface area contributed by atoms with Crippen LogP contribution in [0.15, 0.2) is 144 Å². The quantitative estimate of drug-likeness (QED) is 0.215. The lowest BCUT2D eigenvalue weighted by Crippen LogP contribution is -1.99. The van der Waals surface area contributed by atoms with Crippen LogP contribution in [-0.2, 0) is 0 Å². The van der Waals surface area contributed by atoms with Crippen LogP contribution in [0.2, 0.25) is 0 Å². The minimum absolute atomic E-state index is 0.796. The van der Waals surface area contributed by atoms with Crippen molar-refractivity contribution in [1.82, 2.24) is 14.1 Å². The van der Waals surface area contributed by atoms with Gasteiger partial charge >= 0.3 is 0 Å². The van der Waals surface area contributed by atoms with E-state index in [1.54, 1.807) is 0 Å². The van der Waals surface area contributed by atoms with Gasteiger partial charge in [0.15, 0.2) is 5.58 Å². The van der Waals surface area contributed by atoms with Crippen molar-refractivity contribution < 1.29 is 4.42 Å². The van der Waals surface area contributed by atoms with Crippen molar-refractivity contribution in [2.75, 3.05) is 0 Å². The minimum Gasteiger partial charge on any atom is -0.452 e. The van der Waals surface area contributed by atoms with Crippen LogP contribution in [-0.4, -0.2) is 14.1 Å². The van der Waals surface area contributed by atoms with Crippen LogP contribution in [0.4, 0.5) is 0 Å². The third-order valence-corrected chi connectivity index (χ3v) is 8.90. The first-order valence-electron chi connectivity index (χ1n) is 14.6. The maximum Gasteiger partial charge on any atom is 0.178 e. The highest BCUT2D eigenvalue weighted by atomic mass is 16.3. The lowest BCUT2D eigenvalue weighted by Gasteiger charge is -2.13. The maximum absolute atomic E-state index is 6.64. The van der Waals surface area contributed by atoms with Gasteiger partial charge in [-0.15, -0.1) is 0 Å². The molecule has 0 amide bonds. The number of nitrogens with zero attached hydrogens (tertiary/aromatic N) is 3. The molecule has 0 bridgehead atoms. The van der Waals surface area contributed by atoms with Crippen LogP contribution in [0.3, 0.4) is 0 Å². The second-order valence-electron chi connectivity index (χ2n) is 11.2. The van der Waals surface area contributed by atoms with Crippen LogP contribution >= 0.6 is 0 Å². The zero-order chi connectivity index (χ0) is 28.1. The summed E-state index contributed by atoms with van der Waals surface area (Å²) in [5.74, 6) is 0. The minimum atomic E-state index is 0.796. The number of benzene rings is 6. The summed E-state index contributed by atoms with van der Waals surface area (Å²) in [5, 5.41) is 6.99. The number of aromatic nitrogens is 3. The van der Waals surface area contributed by atoms with E-state index in [1.165, 1.54) is 32.6 Å². The number of hydrogen-bond donors (Lipinski definition) is 0. The summed E-state index contributed by atoms with van der Waals surface area (Å²) in [6.45, 7) is 0. The Balaban J connectivity index is 1.39. The van der Waals surface area contributed by atoms with Crippen LogP contribution in [0.25, 0.3) is 88.0 Å². The molecule has 6 aromatic carbocycles. The smallest absolute Gasteiger partial charge is 0.178 e. The van der Waals surface area contributed by atoms with Crippen molar-refractivity contribution in [3.8, 4) is 11.4 Å². The van der Waals surface area contributed by atoms with Crippen molar-refractivity contribution in [1.29, 1.82) is 0 Å². The molecule has 0 aliphatic carbocycles. The Morgan fingerprint density at radius 1 is 0.442 bits per heavy atom. The molecule has 0 fully saturated rings. The lowest BCUT2D eigenvalue weighted by atomic mass is 10.1. The monoisotopic (exact) mass is 549 g/mol. The van der Waals surface area contributed by atoms with Gasteiger partial charge in [0.25, 0.3) is 0 Å². The average Bonchev–Trinajstić information content (AvgIpc) is 3.71. The molecule has 10 rings (SSSR count). The molecule has 0 N–H and O–H groups in total. The molecule has 4 nitrogen and oxygen atoms in total. The molecule has 4 heterocycles. The fraction of sp³-hybridized carbons (Fsp3) is 0. The molecule has 4 heteroatoms. The average molecular weight is 550 g/mol. The number of furan rings is 1. The van der Waals surface area contributed by atoms with Gasteiger partial charge in [-0.25, -0.2) is 4.98 Å². The third-order valence-electron chi connectivity index (χ3n) is 8.90. The first-order chi connectivity index (χ1) is 21.3. The molecule has 0 radical (unpaired) electrons. The zero-order valence-electron chi connectivity index (χ0n) is 23.0. The number of rotatable bonds is 2. The van der Waals surface area contributed by atoms with E-state index >= 15 is 0 Å². The summed E-state index contributed by atoms with van der Waals surface area (Å²) in [5.41, 5.74) is 10.2. The molecule has 10 aromatic rings. The summed E-state index contributed by atoms with van der Waals surface area (Å²) in [4.78, 5) is 5.11. The zero-order valence-corrected chi connectivity index (χ0v) is 23.0. The maximum atomic E-state index is 6.64. The number of para-hydroxylation sites is 5. The summed E-state index contributed by atoms with van der Waals surface area (Å²) in [6.07, 6.45) is 0. The predicted octanol–water partition coefficient (Wildman–Crippen LogP) is 10.3. The number of pyridine rings is 1. The van der Waals surface area contributed by atoms with Gasteiger partial charge in [0, 0.05) is 38.0 Å². The fourth-order valence-corrected chi connectivity index (χ4v) is 7.08. The normalized spacial score (nSPS) is 12.2. The molecule has 0 saturated heterocycles. The van der Waals surface area contributed by atoms with Crippen molar-refractivity contribution >= 4 is 76.6 Å². The summed E-state index contributed by atoms with van der Waals surface area (Å²) < 4.78 is 11.4. The first-order valence-corrected chi connectivity index (χ1v) is 14.6. The fourth-order valence-electron chi connectivity index (χ4n) is 7.08. The van der Waals surface area contributed by atoms with Gasteiger partial charge in [0.2, 0.25) is 0 Å². The molecule has 0 saturated carbocycles. The van der Waals surface area contributed by atoms with Gasteiger partial charge in [-0.3, -0.25) is 0 Å². The first kappa shape index (κ1) is 22.8. The van der Waals surface area contributed by atoms with E-state index in [1.807, 2.05) is 18.2 Å². The Hall–Kier alpha value is -5.87. The van der Waals surface area contributed by atoms with Crippen molar-refractivity contribution in [2.45, 2.75) is 0 Å². The van der Waals surface area contributed by atoms with E-state index in [0.29, 0.717) is 0 Å². The van der Waals surface area contributed by atoms with E-state index in [4.69, 9.17) is 9.40 Å². The van der Waals surface area contributed by atoms with Crippen LogP contribution in [0.5, 0.6) is 0 Å². The predicted molar refractivity (Wildman–Crippen MR) is 178 cm³/mol. The Bertz CT molecular complexity index is 2690. The molecular formula is C39H23N3O. The Labute approximate surface area is 245 Å². The summed E-state index contributed by atoms with van der Waals surface area (Å²) in [7, 11) is 0. The highest BCUT2D eigenvalue weighted by Crippen LogP contribution is 2.41. The lowest BCUT2D eigenvalue weighted by molar-refractivity contribution is 0.666. The summed E-state index contributed by atoms with van der Waals surface area (Å²) in [6, 6.07) is 49.4. The topological polar surface area (TPSA) is 35.9 Å². The van der Waals surface area contributed by atoms with E-state index in [2.05, 4.69) is 130 Å². The van der Waals surface area contributed by atoms with Gasteiger partial charge in [-0.2, -0.15) is 0 Å². The van der Waals surface area contributed by atoms with Crippen LogP contribution in [0.1, 0.15) is 0 Å². The molecular weight excluding hydrogens is 526 g/mol. The standard InChI is InChI=1S/C39H23N3O/c1-6-16-31-29(14-1)38(39-37(40-31)30-15-5-10-20-36(30)43-39)42-34-19-9-4-13-27(34)28-22-21-24(23-35(28)42)41-32-17-7-2-11-25(32)26-12-3-8-18-33(26)41/h1-23H. The molecule has 4 aromatic heterocycles. The number of fused-ring (bicyclic) bond motifs is 10. The summed E-state index contributed by atoms with van der Waals surface area (Å²) >= 11 is 0. The van der Waals surface area contributed by atoms with Crippen LogP contribution < -0.4 is 0 Å². The van der Waals surface area contributed by atoms with E-state index in [0.717, 1.165) is 55.4 Å². The van der Waals surface area contributed by atoms with Gasteiger partial charge in [0.05, 0.1) is 27.6 Å².